The lowest BCUT2D eigenvalue weighted by molar-refractivity contribution is -0.120. The van der Waals surface area contributed by atoms with E-state index in [-0.39, 0.29) is 17.7 Å². The lowest BCUT2D eigenvalue weighted by Gasteiger charge is -2.22. The smallest absolute Gasteiger partial charge is 0.253 e. The fourth-order valence-electron chi connectivity index (χ4n) is 2.38. The van der Waals surface area contributed by atoms with Crippen molar-refractivity contribution in [3.05, 3.63) is 28.8 Å². The molecule has 1 aliphatic heterocycles. The molecule has 1 atom stereocenters. The van der Waals surface area contributed by atoms with Gasteiger partial charge in [0.1, 0.15) is 0 Å². The Morgan fingerprint density at radius 2 is 2.24 bits per heavy atom. The summed E-state index contributed by atoms with van der Waals surface area (Å²) in [7, 11) is 0. The van der Waals surface area contributed by atoms with Crippen molar-refractivity contribution < 1.29 is 9.59 Å². The minimum absolute atomic E-state index is 0.0588. The Balaban J connectivity index is 2.14. The standard InChI is InChI=1S/C15H20ClN3O2/c1-2-18-15(21)12-8-11(16)5-6-13(12)19-14(20)10-4-3-7-17-9-10/h5-6,8,10,17H,2-4,7,9H2,1H3,(H,18,21)(H,19,20). The van der Waals surface area contributed by atoms with E-state index in [1.807, 2.05) is 6.92 Å². The Morgan fingerprint density at radius 3 is 2.90 bits per heavy atom. The van der Waals surface area contributed by atoms with Crippen molar-refractivity contribution in [2.24, 2.45) is 5.92 Å². The Labute approximate surface area is 129 Å². The van der Waals surface area contributed by atoms with Crippen molar-refractivity contribution in [3.63, 3.8) is 0 Å². The Morgan fingerprint density at radius 1 is 1.43 bits per heavy atom. The number of halogens is 1. The second-order valence-corrected chi connectivity index (χ2v) is 5.52. The van der Waals surface area contributed by atoms with E-state index >= 15 is 0 Å². The molecule has 0 radical (unpaired) electrons. The summed E-state index contributed by atoms with van der Waals surface area (Å²) in [5, 5.41) is 9.24. The zero-order chi connectivity index (χ0) is 15.2. The molecule has 114 valence electrons. The molecule has 0 spiro atoms. The predicted molar refractivity (Wildman–Crippen MR) is 83.7 cm³/mol. The fourth-order valence-corrected chi connectivity index (χ4v) is 2.55. The molecule has 0 aromatic heterocycles. The number of carbonyl (C=O) groups is 2. The molecule has 0 saturated carbocycles. The summed E-state index contributed by atoms with van der Waals surface area (Å²) < 4.78 is 0. The SMILES string of the molecule is CCNC(=O)c1cc(Cl)ccc1NC(=O)C1CCCNC1. The van der Waals surface area contributed by atoms with E-state index in [0.29, 0.717) is 29.4 Å². The third-order valence-electron chi connectivity index (χ3n) is 3.49. The van der Waals surface area contributed by atoms with Crippen molar-refractivity contribution in [2.75, 3.05) is 25.0 Å². The average molecular weight is 310 g/mol. The van der Waals surface area contributed by atoms with Crippen molar-refractivity contribution in [1.82, 2.24) is 10.6 Å². The number of hydrogen-bond donors (Lipinski definition) is 3. The highest BCUT2D eigenvalue weighted by molar-refractivity contribution is 6.31. The van der Waals surface area contributed by atoms with Gasteiger partial charge in [0.15, 0.2) is 0 Å². The molecule has 21 heavy (non-hydrogen) atoms. The van der Waals surface area contributed by atoms with Gasteiger partial charge in [0.25, 0.3) is 5.91 Å². The molecular weight excluding hydrogens is 290 g/mol. The van der Waals surface area contributed by atoms with E-state index in [0.717, 1.165) is 19.4 Å². The molecule has 6 heteroatoms. The van der Waals surface area contributed by atoms with E-state index in [2.05, 4.69) is 16.0 Å². The normalized spacial score (nSPS) is 18.1. The van der Waals surface area contributed by atoms with Crippen LogP contribution >= 0.6 is 11.6 Å². The number of benzene rings is 1. The Bertz CT molecular complexity index is 528. The van der Waals surface area contributed by atoms with Crippen LogP contribution in [0.1, 0.15) is 30.1 Å². The molecule has 1 aromatic rings. The second kappa shape index (κ2) is 7.43. The molecule has 0 bridgehead atoms. The first-order valence-electron chi connectivity index (χ1n) is 7.21. The van der Waals surface area contributed by atoms with Crippen LogP contribution in [-0.4, -0.2) is 31.4 Å². The van der Waals surface area contributed by atoms with Gasteiger partial charge in [0.05, 0.1) is 17.2 Å². The number of nitrogens with one attached hydrogen (secondary N) is 3. The molecular formula is C15H20ClN3O2. The zero-order valence-electron chi connectivity index (χ0n) is 12.0. The molecule has 3 N–H and O–H groups in total. The Hall–Kier alpha value is -1.59. The number of hydrogen-bond acceptors (Lipinski definition) is 3. The molecule has 1 fully saturated rings. The van der Waals surface area contributed by atoms with Crippen LogP contribution in [0.3, 0.4) is 0 Å². The zero-order valence-corrected chi connectivity index (χ0v) is 12.8. The van der Waals surface area contributed by atoms with Gasteiger partial charge in [-0.15, -0.1) is 0 Å². The number of carbonyl (C=O) groups excluding carboxylic acids is 2. The maximum absolute atomic E-state index is 12.3. The molecule has 5 nitrogen and oxygen atoms in total. The lowest BCUT2D eigenvalue weighted by Crippen LogP contribution is -2.37. The van der Waals surface area contributed by atoms with Gasteiger partial charge in [0.2, 0.25) is 5.91 Å². The monoisotopic (exact) mass is 309 g/mol. The van der Waals surface area contributed by atoms with Crippen LogP contribution in [0.4, 0.5) is 5.69 Å². The highest BCUT2D eigenvalue weighted by atomic mass is 35.5. The molecule has 0 aliphatic carbocycles. The first kappa shape index (κ1) is 15.8. The second-order valence-electron chi connectivity index (χ2n) is 5.08. The quantitative estimate of drug-likeness (QED) is 0.797. The van der Waals surface area contributed by atoms with Crippen molar-refractivity contribution >= 4 is 29.1 Å². The molecule has 2 rings (SSSR count). The topological polar surface area (TPSA) is 70.2 Å². The van der Waals surface area contributed by atoms with Gasteiger partial charge in [-0.05, 0) is 44.5 Å². The number of rotatable bonds is 4. The molecule has 1 saturated heterocycles. The van der Waals surface area contributed by atoms with Crippen LogP contribution in [-0.2, 0) is 4.79 Å². The Kier molecular flexibility index (Phi) is 5.59. The molecule has 1 heterocycles. The molecule has 2 amide bonds. The number of piperidine rings is 1. The summed E-state index contributed by atoms with van der Waals surface area (Å²) in [5.74, 6) is -0.358. The van der Waals surface area contributed by atoms with Crippen LogP contribution < -0.4 is 16.0 Å². The summed E-state index contributed by atoms with van der Waals surface area (Å²) in [5.41, 5.74) is 0.891. The number of anilines is 1. The lowest BCUT2D eigenvalue weighted by atomic mass is 9.98. The van der Waals surface area contributed by atoms with Gasteiger partial charge in [-0.2, -0.15) is 0 Å². The van der Waals surface area contributed by atoms with Crippen molar-refractivity contribution in [1.29, 1.82) is 0 Å². The van der Waals surface area contributed by atoms with E-state index < -0.39 is 0 Å². The molecule has 1 aliphatic rings. The average Bonchev–Trinajstić information content (AvgIpc) is 2.50. The largest absolute Gasteiger partial charge is 0.352 e. The van der Waals surface area contributed by atoms with E-state index in [1.54, 1.807) is 18.2 Å². The maximum Gasteiger partial charge on any atom is 0.253 e. The van der Waals surface area contributed by atoms with Gasteiger partial charge in [-0.25, -0.2) is 0 Å². The van der Waals surface area contributed by atoms with Crippen LogP contribution in [0.15, 0.2) is 18.2 Å². The van der Waals surface area contributed by atoms with Crippen LogP contribution in [0.5, 0.6) is 0 Å². The summed E-state index contributed by atoms with van der Waals surface area (Å²) in [6, 6.07) is 4.90. The van der Waals surface area contributed by atoms with Gasteiger partial charge < -0.3 is 16.0 Å². The first-order chi connectivity index (χ1) is 10.1. The van der Waals surface area contributed by atoms with Crippen LogP contribution in [0.2, 0.25) is 5.02 Å². The third kappa shape index (κ3) is 4.19. The van der Waals surface area contributed by atoms with Gasteiger partial charge in [-0.3, -0.25) is 9.59 Å². The fraction of sp³-hybridized carbons (Fsp3) is 0.467. The highest BCUT2D eigenvalue weighted by Crippen LogP contribution is 2.22. The summed E-state index contributed by atoms with van der Waals surface area (Å²) in [4.78, 5) is 24.3. The minimum Gasteiger partial charge on any atom is -0.352 e. The molecule has 1 aromatic carbocycles. The summed E-state index contributed by atoms with van der Waals surface area (Å²) in [6.45, 7) is 3.99. The van der Waals surface area contributed by atoms with Gasteiger partial charge in [0, 0.05) is 18.1 Å². The first-order valence-corrected chi connectivity index (χ1v) is 7.59. The van der Waals surface area contributed by atoms with E-state index in [4.69, 9.17) is 11.6 Å². The van der Waals surface area contributed by atoms with Crippen molar-refractivity contribution in [2.45, 2.75) is 19.8 Å². The van der Waals surface area contributed by atoms with E-state index in [9.17, 15) is 9.59 Å². The van der Waals surface area contributed by atoms with Crippen LogP contribution in [0.25, 0.3) is 0 Å². The van der Waals surface area contributed by atoms with Crippen molar-refractivity contribution in [3.8, 4) is 0 Å². The number of amides is 2. The summed E-state index contributed by atoms with van der Waals surface area (Å²) >= 11 is 5.94. The van der Waals surface area contributed by atoms with Gasteiger partial charge >= 0.3 is 0 Å². The van der Waals surface area contributed by atoms with E-state index in [1.165, 1.54) is 0 Å². The highest BCUT2D eigenvalue weighted by Gasteiger charge is 2.22. The summed E-state index contributed by atoms with van der Waals surface area (Å²) in [6.07, 6.45) is 1.85. The van der Waals surface area contributed by atoms with Gasteiger partial charge in [-0.1, -0.05) is 11.6 Å². The minimum atomic E-state index is -0.239. The maximum atomic E-state index is 12.3. The predicted octanol–water partition coefficient (Wildman–Crippen LogP) is 2.03. The van der Waals surface area contributed by atoms with Crippen LogP contribution in [0, 0.1) is 5.92 Å². The molecule has 1 unspecified atom stereocenters. The third-order valence-corrected chi connectivity index (χ3v) is 3.72.